The van der Waals surface area contributed by atoms with Crippen LogP contribution in [0.2, 0.25) is 0 Å². The van der Waals surface area contributed by atoms with Crippen molar-refractivity contribution in [1.29, 1.82) is 0 Å². The topological polar surface area (TPSA) is 122 Å². The molecule has 2 amide bonds. The summed E-state index contributed by atoms with van der Waals surface area (Å²) in [6.07, 6.45) is 0.606. The number of carbonyl (C=O) groups excluding carboxylic acids is 2. The minimum atomic E-state index is -0.716. The first kappa shape index (κ1) is 24.0. The van der Waals surface area contributed by atoms with E-state index in [0.29, 0.717) is 37.9 Å². The van der Waals surface area contributed by atoms with Crippen LogP contribution in [0.5, 0.6) is 0 Å². The van der Waals surface area contributed by atoms with Gasteiger partial charge in [-0.1, -0.05) is 39.9 Å². The van der Waals surface area contributed by atoms with E-state index in [0.717, 1.165) is 0 Å². The number of hydrogen-bond donors (Lipinski definition) is 4. The number of nitrogens with two attached hydrogens (primary N) is 1. The SMILES string of the molecule is CC.CCOCCNC(=O)[C@@H](CC(C)C)Nc1cc(=S)nc(C(N)=O)[nH]1. The summed E-state index contributed by atoms with van der Waals surface area (Å²) in [5.41, 5.74) is 5.22. The molecule has 9 heteroatoms. The van der Waals surface area contributed by atoms with Crippen LogP contribution in [0.1, 0.15) is 51.7 Å². The van der Waals surface area contributed by atoms with Crippen LogP contribution in [0.25, 0.3) is 0 Å². The summed E-state index contributed by atoms with van der Waals surface area (Å²) in [5.74, 6) is -0.202. The number of primary amides is 1. The molecule has 0 fully saturated rings. The first-order valence-electron chi connectivity index (χ1n) is 8.86. The molecule has 0 saturated heterocycles. The van der Waals surface area contributed by atoms with E-state index in [1.54, 1.807) is 6.07 Å². The zero-order valence-corrected chi connectivity index (χ0v) is 17.0. The molecule has 26 heavy (non-hydrogen) atoms. The molecular formula is C17H31N5O3S. The summed E-state index contributed by atoms with van der Waals surface area (Å²) in [4.78, 5) is 30.2. The average molecular weight is 386 g/mol. The second kappa shape index (κ2) is 13.2. The summed E-state index contributed by atoms with van der Waals surface area (Å²) in [6.45, 7) is 11.4. The fourth-order valence-corrected chi connectivity index (χ4v) is 2.27. The van der Waals surface area contributed by atoms with E-state index >= 15 is 0 Å². The number of nitrogens with zero attached hydrogens (tertiary/aromatic N) is 1. The first-order chi connectivity index (χ1) is 12.3. The van der Waals surface area contributed by atoms with Gasteiger partial charge in [-0.25, -0.2) is 4.98 Å². The molecule has 1 heterocycles. The lowest BCUT2D eigenvalue weighted by Crippen LogP contribution is -2.42. The maximum atomic E-state index is 12.4. The van der Waals surface area contributed by atoms with Crippen molar-refractivity contribution in [3.05, 3.63) is 16.5 Å². The molecule has 8 nitrogen and oxygen atoms in total. The molecule has 1 atom stereocenters. The van der Waals surface area contributed by atoms with Crippen molar-refractivity contribution in [2.45, 2.75) is 47.1 Å². The Morgan fingerprint density at radius 2 is 2.04 bits per heavy atom. The van der Waals surface area contributed by atoms with Crippen LogP contribution in [-0.4, -0.2) is 47.6 Å². The largest absolute Gasteiger partial charge is 0.380 e. The maximum absolute atomic E-state index is 12.4. The quantitative estimate of drug-likeness (QED) is 0.362. The van der Waals surface area contributed by atoms with Gasteiger partial charge in [-0.05, 0) is 19.3 Å². The molecule has 0 radical (unpaired) electrons. The Morgan fingerprint density at radius 3 is 2.58 bits per heavy atom. The number of aromatic nitrogens is 2. The van der Waals surface area contributed by atoms with E-state index in [-0.39, 0.29) is 16.4 Å². The second-order valence-corrected chi connectivity index (χ2v) is 6.08. The van der Waals surface area contributed by atoms with Gasteiger partial charge >= 0.3 is 0 Å². The summed E-state index contributed by atoms with van der Waals surface area (Å²) in [7, 11) is 0. The lowest BCUT2D eigenvalue weighted by Gasteiger charge is -2.21. The Hall–Kier alpha value is -2.00. The number of H-pyrrole nitrogens is 1. The number of rotatable bonds is 10. The molecule has 5 N–H and O–H groups in total. The Bertz CT molecular complexity index is 619. The highest BCUT2D eigenvalue weighted by molar-refractivity contribution is 7.71. The van der Waals surface area contributed by atoms with Crippen LogP contribution in [0.3, 0.4) is 0 Å². The maximum Gasteiger partial charge on any atom is 0.284 e. The molecule has 1 rings (SSSR count). The third kappa shape index (κ3) is 9.47. The molecule has 0 bridgehead atoms. The fourth-order valence-electron chi connectivity index (χ4n) is 2.06. The van der Waals surface area contributed by atoms with Gasteiger partial charge < -0.3 is 26.1 Å². The van der Waals surface area contributed by atoms with E-state index in [9.17, 15) is 9.59 Å². The van der Waals surface area contributed by atoms with Crippen molar-refractivity contribution in [2.75, 3.05) is 25.1 Å². The van der Waals surface area contributed by atoms with E-state index in [4.69, 9.17) is 22.7 Å². The standard InChI is InChI=1S/C15H25N5O3S.C2H6/c1-4-23-6-5-17-15(22)10(7-9(2)3)18-11-8-12(24)20-14(19-11)13(16)21;1-2/h8-10H,4-7H2,1-3H3,(H2,16,21)(H,17,22)(H2,18,19,20,24);1-2H3/t10-;/m1./s1. The van der Waals surface area contributed by atoms with Crippen LogP contribution >= 0.6 is 12.2 Å². The highest BCUT2D eigenvalue weighted by Gasteiger charge is 2.20. The van der Waals surface area contributed by atoms with Crippen molar-refractivity contribution >= 4 is 29.9 Å². The van der Waals surface area contributed by atoms with Gasteiger partial charge in [0.05, 0.1) is 6.61 Å². The Morgan fingerprint density at radius 1 is 1.38 bits per heavy atom. The fraction of sp³-hybridized carbons (Fsp3) is 0.647. The number of hydrogen-bond acceptors (Lipinski definition) is 6. The smallest absolute Gasteiger partial charge is 0.284 e. The Balaban J connectivity index is 0.00000301. The van der Waals surface area contributed by atoms with Crippen molar-refractivity contribution < 1.29 is 14.3 Å². The number of ether oxygens (including phenoxy) is 1. The van der Waals surface area contributed by atoms with E-state index < -0.39 is 11.9 Å². The summed E-state index contributed by atoms with van der Waals surface area (Å²) < 4.78 is 5.42. The monoisotopic (exact) mass is 385 g/mol. The zero-order valence-electron chi connectivity index (χ0n) is 16.2. The summed E-state index contributed by atoms with van der Waals surface area (Å²) in [6, 6.07) is 1.06. The Labute approximate surface area is 160 Å². The first-order valence-corrected chi connectivity index (χ1v) is 9.27. The van der Waals surface area contributed by atoms with Gasteiger partial charge in [-0.2, -0.15) is 0 Å². The molecule has 0 aliphatic heterocycles. The van der Waals surface area contributed by atoms with E-state index in [2.05, 4.69) is 20.6 Å². The third-order valence-corrected chi connectivity index (χ3v) is 3.29. The van der Waals surface area contributed by atoms with Crippen LogP contribution in [0, 0.1) is 10.6 Å². The third-order valence-electron chi connectivity index (χ3n) is 3.08. The molecule has 0 saturated carbocycles. The van der Waals surface area contributed by atoms with E-state index in [1.165, 1.54) is 0 Å². The van der Waals surface area contributed by atoms with Gasteiger partial charge in [0, 0.05) is 19.2 Å². The lowest BCUT2D eigenvalue weighted by atomic mass is 10.0. The van der Waals surface area contributed by atoms with Crippen LogP contribution in [-0.2, 0) is 9.53 Å². The van der Waals surface area contributed by atoms with Gasteiger partial charge in [0.2, 0.25) is 5.91 Å². The summed E-state index contributed by atoms with van der Waals surface area (Å²) in [5, 5.41) is 5.89. The molecular weight excluding hydrogens is 354 g/mol. The van der Waals surface area contributed by atoms with Gasteiger partial charge in [0.25, 0.3) is 5.91 Å². The predicted molar refractivity (Wildman–Crippen MR) is 106 cm³/mol. The minimum absolute atomic E-state index is 0.0509. The highest BCUT2D eigenvalue weighted by Crippen LogP contribution is 2.12. The van der Waals surface area contributed by atoms with Crippen LogP contribution in [0.4, 0.5) is 5.82 Å². The van der Waals surface area contributed by atoms with E-state index in [1.807, 2.05) is 34.6 Å². The molecule has 0 aromatic carbocycles. The molecule has 1 aromatic heterocycles. The molecule has 0 aliphatic rings. The predicted octanol–water partition coefficient (Wildman–Crippen LogP) is 2.24. The molecule has 0 unspecified atom stereocenters. The highest BCUT2D eigenvalue weighted by atomic mass is 32.1. The van der Waals surface area contributed by atoms with Crippen LogP contribution < -0.4 is 16.4 Å². The molecule has 0 spiro atoms. The molecule has 148 valence electrons. The van der Waals surface area contributed by atoms with Gasteiger partial charge in [-0.15, -0.1) is 0 Å². The van der Waals surface area contributed by atoms with Gasteiger partial charge in [0.15, 0.2) is 5.82 Å². The number of nitrogens with one attached hydrogen (secondary N) is 3. The normalized spacial score (nSPS) is 11.3. The number of amides is 2. The zero-order chi connectivity index (χ0) is 20.1. The molecule has 0 aliphatic carbocycles. The Kier molecular flexibility index (Phi) is 12.2. The van der Waals surface area contributed by atoms with Crippen molar-refractivity contribution in [2.24, 2.45) is 11.7 Å². The van der Waals surface area contributed by atoms with Crippen molar-refractivity contribution in [3.63, 3.8) is 0 Å². The van der Waals surface area contributed by atoms with Crippen molar-refractivity contribution in [3.8, 4) is 0 Å². The van der Waals surface area contributed by atoms with Crippen molar-refractivity contribution in [1.82, 2.24) is 15.3 Å². The number of anilines is 1. The molecule has 1 aromatic rings. The average Bonchev–Trinajstić information content (AvgIpc) is 2.58. The lowest BCUT2D eigenvalue weighted by molar-refractivity contribution is -0.122. The second-order valence-electron chi connectivity index (χ2n) is 5.66. The van der Waals surface area contributed by atoms with Crippen LogP contribution in [0.15, 0.2) is 6.07 Å². The summed E-state index contributed by atoms with van der Waals surface area (Å²) >= 11 is 5.02. The minimum Gasteiger partial charge on any atom is -0.380 e. The van der Waals surface area contributed by atoms with Gasteiger partial charge in [0.1, 0.15) is 16.5 Å². The number of carbonyl (C=O) groups is 2. The van der Waals surface area contributed by atoms with Gasteiger partial charge in [-0.3, -0.25) is 9.59 Å². The number of aromatic amines is 1.